The SMILES string of the molecule is CC(C)CC[C@H](N)c1ccc2ccc3cccc4ccc1c2c34.Cl. The molecule has 0 aliphatic heterocycles. The molecular formula is C22H24ClN. The Kier molecular flexibility index (Phi) is 4.67. The highest BCUT2D eigenvalue weighted by molar-refractivity contribution is 6.23. The molecule has 0 amide bonds. The van der Waals surface area contributed by atoms with Gasteiger partial charge in [0.15, 0.2) is 0 Å². The van der Waals surface area contributed by atoms with Gasteiger partial charge in [0.05, 0.1) is 0 Å². The molecule has 24 heavy (non-hydrogen) atoms. The molecule has 1 nitrogen and oxygen atoms in total. The summed E-state index contributed by atoms with van der Waals surface area (Å²) in [5.41, 5.74) is 7.83. The molecule has 0 saturated heterocycles. The normalized spacial score (nSPS) is 13.0. The predicted octanol–water partition coefficient (Wildman–Crippen LogP) is 6.44. The molecule has 0 unspecified atom stereocenters. The lowest BCUT2D eigenvalue weighted by atomic mass is 9.88. The van der Waals surface area contributed by atoms with Gasteiger partial charge in [-0.25, -0.2) is 0 Å². The van der Waals surface area contributed by atoms with Crippen molar-refractivity contribution in [1.82, 2.24) is 0 Å². The van der Waals surface area contributed by atoms with Crippen LogP contribution in [0.1, 0.15) is 38.3 Å². The summed E-state index contributed by atoms with van der Waals surface area (Å²) < 4.78 is 0. The first-order chi connectivity index (χ1) is 11.1. The van der Waals surface area contributed by atoms with E-state index < -0.39 is 0 Å². The second kappa shape index (κ2) is 6.58. The molecule has 0 saturated carbocycles. The van der Waals surface area contributed by atoms with Crippen LogP contribution in [0.15, 0.2) is 54.6 Å². The molecule has 0 aliphatic carbocycles. The van der Waals surface area contributed by atoms with Gasteiger partial charge in [0.25, 0.3) is 0 Å². The summed E-state index contributed by atoms with van der Waals surface area (Å²) in [6.07, 6.45) is 2.21. The van der Waals surface area contributed by atoms with Gasteiger partial charge in [-0.3, -0.25) is 0 Å². The molecule has 2 N–H and O–H groups in total. The van der Waals surface area contributed by atoms with E-state index in [-0.39, 0.29) is 18.4 Å². The highest BCUT2D eigenvalue weighted by Gasteiger charge is 2.14. The summed E-state index contributed by atoms with van der Waals surface area (Å²) in [6, 6.07) is 20.1. The minimum atomic E-state index is 0. The molecule has 124 valence electrons. The molecule has 0 bridgehead atoms. The molecule has 0 fully saturated rings. The smallest absolute Gasteiger partial charge is 0.0301 e. The Morgan fingerprint density at radius 1 is 0.750 bits per heavy atom. The van der Waals surface area contributed by atoms with Crippen LogP contribution in [0.25, 0.3) is 32.3 Å². The van der Waals surface area contributed by atoms with Gasteiger partial charge >= 0.3 is 0 Å². The molecule has 0 aliphatic rings. The maximum absolute atomic E-state index is 6.54. The van der Waals surface area contributed by atoms with E-state index >= 15 is 0 Å². The van der Waals surface area contributed by atoms with Crippen LogP contribution in [-0.4, -0.2) is 0 Å². The number of hydrogen-bond acceptors (Lipinski definition) is 1. The van der Waals surface area contributed by atoms with Crippen molar-refractivity contribution >= 4 is 44.7 Å². The van der Waals surface area contributed by atoms with Gasteiger partial charge in [0.1, 0.15) is 0 Å². The maximum Gasteiger partial charge on any atom is 0.0301 e. The fourth-order valence-electron chi connectivity index (χ4n) is 3.75. The van der Waals surface area contributed by atoms with Gasteiger partial charge in [0.2, 0.25) is 0 Å². The number of halogens is 1. The van der Waals surface area contributed by atoms with Crippen molar-refractivity contribution in [2.45, 2.75) is 32.7 Å². The molecule has 0 radical (unpaired) electrons. The highest BCUT2D eigenvalue weighted by Crippen LogP contribution is 2.37. The largest absolute Gasteiger partial charge is 0.324 e. The third-order valence-electron chi connectivity index (χ3n) is 5.02. The molecule has 0 heterocycles. The lowest BCUT2D eigenvalue weighted by molar-refractivity contribution is 0.508. The Morgan fingerprint density at radius 2 is 1.33 bits per heavy atom. The van der Waals surface area contributed by atoms with E-state index in [0.717, 1.165) is 6.42 Å². The molecular weight excluding hydrogens is 314 g/mol. The van der Waals surface area contributed by atoms with Gasteiger partial charge in [-0.15, -0.1) is 12.4 Å². The van der Waals surface area contributed by atoms with Crippen LogP contribution in [0, 0.1) is 5.92 Å². The van der Waals surface area contributed by atoms with Crippen LogP contribution < -0.4 is 5.73 Å². The van der Waals surface area contributed by atoms with Crippen molar-refractivity contribution in [2.24, 2.45) is 11.7 Å². The summed E-state index contributed by atoms with van der Waals surface area (Å²) in [6.45, 7) is 4.52. The lowest BCUT2D eigenvalue weighted by Gasteiger charge is -2.18. The van der Waals surface area contributed by atoms with Crippen LogP contribution in [0.5, 0.6) is 0 Å². The molecule has 0 aromatic heterocycles. The lowest BCUT2D eigenvalue weighted by Crippen LogP contribution is -2.11. The van der Waals surface area contributed by atoms with Gasteiger partial charge < -0.3 is 5.73 Å². The Morgan fingerprint density at radius 3 is 2.00 bits per heavy atom. The standard InChI is InChI=1S/C22H23N.ClH/c1-14(2)6-13-20(23)18-11-9-17-8-7-15-4-3-5-16-10-12-19(18)22(17)21(15)16;/h3-5,7-12,14,20H,6,13,23H2,1-2H3;1H/t20-;/m0./s1. The third-order valence-corrected chi connectivity index (χ3v) is 5.02. The van der Waals surface area contributed by atoms with Crippen LogP contribution in [0.3, 0.4) is 0 Å². The number of hydrogen-bond donors (Lipinski definition) is 1. The van der Waals surface area contributed by atoms with Crippen LogP contribution >= 0.6 is 12.4 Å². The molecule has 4 aromatic carbocycles. The molecule has 2 heteroatoms. The van der Waals surface area contributed by atoms with Crippen molar-refractivity contribution < 1.29 is 0 Å². The van der Waals surface area contributed by atoms with E-state index in [4.69, 9.17) is 5.73 Å². The molecule has 4 aromatic rings. The predicted molar refractivity (Wildman–Crippen MR) is 108 cm³/mol. The number of rotatable bonds is 4. The van der Waals surface area contributed by atoms with Gasteiger partial charge in [-0.2, -0.15) is 0 Å². The van der Waals surface area contributed by atoms with Gasteiger partial charge in [0, 0.05) is 6.04 Å². The minimum absolute atomic E-state index is 0. The van der Waals surface area contributed by atoms with Crippen molar-refractivity contribution in [2.75, 3.05) is 0 Å². The zero-order valence-electron chi connectivity index (χ0n) is 14.3. The quantitative estimate of drug-likeness (QED) is 0.426. The molecule has 4 rings (SSSR count). The van der Waals surface area contributed by atoms with E-state index in [2.05, 4.69) is 68.4 Å². The Labute approximate surface area is 149 Å². The minimum Gasteiger partial charge on any atom is -0.324 e. The third kappa shape index (κ3) is 2.72. The second-order valence-corrected chi connectivity index (χ2v) is 7.09. The first-order valence-corrected chi connectivity index (χ1v) is 8.57. The van der Waals surface area contributed by atoms with Crippen molar-refractivity contribution in [1.29, 1.82) is 0 Å². The Bertz CT molecular complexity index is 958. The summed E-state index contributed by atoms with van der Waals surface area (Å²) in [4.78, 5) is 0. The number of nitrogens with two attached hydrogens (primary N) is 1. The second-order valence-electron chi connectivity index (χ2n) is 7.09. The maximum atomic E-state index is 6.54. The molecule has 0 spiro atoms. The monoisotopic (exact) mass is 337 g/mol. The first-order valence-electron chi connectivity index (χ1n) is 8.57. The first kappa shape index (κ1) is 17.0. The van der Waals surface area contributed by atoms with Gasteiger partial charge in [-0.1, -0.05) is 68.4 Å². The van der Waals surface area contributed by atoms with E-state index in [1.807, 2.05) is 0 Å². The van der Waals surface area contributed by atoms with E-state index in [9.17, 15) is 0 Å². The van der Waals surface area contributed by atoms with E-state index in [1.54, 1.807) is 0 Å². The fraction of sp³-hybridized carbons (Fsp3) is 0.273. The highest BCUT2D eigenvalue weighted by atomic mass is 35.5. The zero-order valence-corrected chi connectivity index (χ0v) is 15.1. The van der Waals surface area contributed by atoms with E-state index in [0.29, 0.717) is 5.92 Å². The van der Waals surface area contributed by atoms with Crippen molar-refractivity contribution in [3.05, 3.63) is 60.2 Å². The average Bonchev–Trinajstić information content (AvgIpc) is 2.57. The van der Waals surface area contributed by atoms with E-state index in [1.165, 1.54) is 44.3 Å². The van der Waals surface area contributed by atoms with Crippen LogP contribution in [-0.2, 0) is 0 Å². The topological polar surface area (TPSA) is 26.0 Å². The molecule has 1 atom stereocenters. The summed E-state index contributed by atoms with van der Waals surface area (Å²) in [7, 11) is 0. The van der Waals surface area contributed by atoms with Gasteiger partial charge in [-0.05, 0) is 56.6 Å². The zero-order chi connectivity index (χ0) is 16.0. The summed E-state index contributed by atoms with van der Waals surface area (Å²) in [5, 5.41) is 8.01. The summed E-state index contributed by atoms with van der Waals surface area (Å²) in [5.74, 6) is 0.695. The van der Waals surface area contributed by atoms with Crippen LogP contribution in [0.4, 0.5) is 0 Å². The van der Waals surface area contributed by atoms with Crippen LogP contribution in [0.2, 0.25) is 0 Å². The fourth-order valence-corrected chi connectivity index (χ4v) is 3.75. The number of benzene rings is 4. The average molecular weight is 338 g/mol. The summed E-state index contributed by atoms with van der Waals surface area (Å²) >= 11 is 0. The van der Waals surface area contributed by atoms with Crippen molar-refractivity contribution in [3.63, 3.8) is 0 Å². The Hall–Kier alpha value is -1.83. The van der Waals surface area contributed by atoms with Crippen molar-refractivity contribution in [3.8, 4) is 0 Å². The Balaban J connectivity index is 0.00000169.